The van der Waals surface area contributed by atoms with Crippen molar-refractivity contribution in [3.63, 3.8) is 0 Å². The Labute approximate surface area is 272 Å². The summed E-state index contributed by atoms with van der Waals surface area (Å²) in [6, 6.07) is 4.29. The lowest BCUT2D eigenvalue weighted by Gasteiger charge is -2.47. The Balaban J connectivity index is 1.67. The fraction of sp³-hybridized carbons (Fsp3) is 0.576. The van der Waals surface area contributed by atoms with Gasteiger partial charge in [0.2, 0.25) is 5.91 Å². The summed E-state index contributed by atoms with van der Waals surface area (Å²) >= 11 is 0. The van der Waals surface area contributed by atoms with Gasteiger partial charge in [-0.1, -0.05) is 44.5 Å². The molecule has 5 rings (SSSR count). The topological polar surface area (TPSA) is 91.8 Å². The smallest absolute Gasteiger partial charge is 0.435 e. The van der Waals surface area contributed by atoms with Crippen LogP contribution in [0.5, 0.6) is 0 Å². The monoisotopic (exact) mass is 709 g/mol. The number of aryl methyl sites for hydroxylation is 1. The van der Waals surface area contributed by atoms with Gasteiger partial charge in [-0.05, 0) is 80.2 Å². The number of sulfone groups is 1. The highest BCUT2D eigenvalue weighted by Gasteiger charge is 2.74. The third-order valence-corrected chi connectivity index (χ3v) is 13.3. The van der Waals surface area contributed by atoms with Gasteiger partial charge in [0.15, 0.2) is 9.84 Å². The SMILES string of the molecule is CCC[C@]1(C(=O)N2CCC3(S(=O)(=O)c4cccc(F)c4)c4ccc(C(F)(C(F)(F)F)C(F)(F)F)cc4CCC23)CC[C@@H](C(=O)O)[C@@H](C)C1. The van der Waals surface area contributed by atoms with E-state index in [0.29, 0.717) is 18.9 Å². The number of hydrogen-bond acceptors (Lipinski definition) is 4. The van der Waals surface area contributed by atoms with Crippen molar-refractivity contribution >= 4 is 21.7 Å². The van der Waals surface area contributed by atoms with Crippen LogP contribution < -0.4 is 0 Å². The minimum Gasteiger partial charge on any atom is -0.481 e. The Morgan fingerprint density at radius 1 is 0.979 bits per heavy atom. The minimum atomic E-state index is -6.39. The molecule has 1 saturated heterocycles. The van der Waals surface area contributed by atoms with Gasteiger partial charge >= 0.3 is 24.0 Å². The van der Waals surface area contributed by atoms with Gasteiger partial charge in [-0.25, -0.2) is 17.2 Å². The molecule has 5 atom stereocenters. The van der Waals surface area contributed by atoms with Crippen molar-refractivity contribution in [3.8, 4) is 0 Å². The lowest BCUT2D eigenvalue weighted by molar-refractivity contribution is -0.348. The van der Waals surface area contributed by atoms with Crippen LogP contribution in [-0.2, 0) is 36.3 Å². The minimum absolute atomic E-state index is 0.153. The maximum absolute atomic E-state index is 15.1. The lowest BCUT2D eigenvalue weighted by Crippen LogP contribution is -2.56. The van der Waals surface area contributed by atoms with Crippen molar-refractivity contribution in [2.75, 3.05) is 6.54 Å². The molecule has 2 aromatic rings. The molecule has 48 heavy (non-hydrogen) atoms. The average Bonchev–Trinajstić information content (AvgIpc) is 3.40. The highest BCUT2D eigenvalue weighted by Crippen LogP contribution is 2.58. The second kappa shape index (κ2) is 12.0. The molecule has 0 spiro atoms. The normalized spacial score (nSPS) is 28.1. The van der Waals surface area contributed by atoms with Crippen molar-refractivity contribution in [2.45, 2.75) is 98.9 Å². The molecule has 2 aliphatic carbocycles. The number of benzene rings is 2. The van der Waals surface area contributed by atoms with E-state index in [1.54, 1.807) is 6.92 Å². The molecule has 1 saturated carbocycles. The Bertz CT molecular complexity index is 1700. The molecule has 264 valence electrons. The van der Waals surface area contributed by atoms with E-state index < -0.39 is 78.1 Å². The average molecular weight is 710 g/mol. The highest BCUT2D eigenvalue weighted by atomic mass is 32.2. The molecular weight excluding hydrogens is 674 g/mol. The Kier molecular flexibility index (Phi) is 9.00. The van der Waals surface area contributed by atoms with Crippen LogP contribution in [0.25, 0.3) is 0 Å². The van der Waals surface area contributed by atoms with Gasteiger partial charge in [0.1, 0.15) is 10.6 Å². The van der Waals surface area contributed by atoms with Gasteiger partial charge in [0.25, 0.3) is 0 Å². The maximum atomic E-state index is 15.1. The fourth-order valence-electron chi connectivity index (χ4n) is 8.57. The molecule has 0 bridgehead atoms. The maximum Gasteiger partial charge on any atom is 0.435 e. The van der Waals surface area contributed by atoms with Crippen LogP contribution in [0.2, 0.25) is 0 Å². The summed E-state index contributed by atoms with van der Waals surface area (Å²) in [4.78, 5) is 27.3. The van der Waals surface area contributed by atoms with Gasteiger partial charge < -0.3 is 10.0 Å². The number of halogens is 8. The number of fused-ring (bicyclic) bond motifs is 3. The molecule has 1 amide bonds. The van der Waals surface area contributed by atoms with Crippen LogP contribution in [0, 0.1) is 23.1 Å². The molecule has 1 aliphatic heterocycles. The van der Waals surface area contributed by atoms with Crippen molar-refractivity contribution in [1.29, 1.82) is 0 Å². The van der Waals surface area contributed by atoms with Crippen molar-refractivity contribution in [2.24, 2.45) is 17.3 Å². The first-order valence-electron chi connectivity index (χ1n) is 15.7. The summed E-state index contributed by atoms with van der Waals surface area (Å²) in [5.74, 6) is -3.37. The summed E-state index contributed by atoms with van der Waals surface area (Å²) in [6.07, 6.45) is -12.0. The van der Waals surface area contributed by atoms with Gasteiger partial charge in [0, 0.05) is 17.5 Å². The van der Waals surface area contributed by atoms with Crippen molar-refractivity contribution in [1.82, 2.24) is 4.90 Å². The molecule has 2 aromatic carbocycles. The lowest BCUT2D eigenvalue weighted by atomic mass is 9.63. The van der Waals surface area contributed by atoms with Gasteiger partial charge in [-0.3, -0.25) is 9.59 Å². The van der Waals surface area contributed by atoms with E-state index in [-0.39, 0.29) is 68.2 Å². The van der Waals surface area contributed by atoms with Crippen molar-refractivity contribution in [3.05, 3.63) is 65.0 Å². The van der Waals surface area contributed by atoms with E-state index in [0.717, 1.165) is 30.3 Å². The van der Waals surface area contributed by atoms with E-state index in [1.165, 1.54) is 4.90 Å². The van der Waals surface area contributed by atoms with Crippen LogP contribution in [0.1, 0.15) is 75.5 Å². The number of rotatable bonds is 7. The number of alkyl halides is 7. The van der Waals surface area contributed by atoms with Crippen LogP contribution >= 0.6 is 0 Å². The Morgan fingerprint density at radius 2 is 1.65 bits per heavy atom. The summed E-state index contributed by atoms with van der Waals surface area (Å²) < 4.78 is 139. The zero-order chi connectivity index (χ0) is 35.7. The number of carboxylic acids is 1. The van der Waals surface area contributed by atoms with Crippen LogP contribution in [0.4, 0.5) is 35.1 Å². The van der Waals surface area contributed by atoms with Gasteiger partial charge in [0.05, 0.1) is 16.9 Å². The molecule has 0 aromatic heterocycles. The van der Waals surface area contributed by atoms with E-state index in [2.05, 4.69) is 0 Å². The van der Waals surface area contributed by atoms with Gasteiger partial charge in [-0.2, -0.15) is 26.3 Å². The van der Waals surface area contributed by atoms with Crippen LogP contribution in [0.3, 0.4) is 0 Å². The number of carbonyl (C=O) groups excluding carboxylic acids is 1. The first-order chi connectivity index (χ1) is 22.2. The molecule has 2 unspecified atom stereocenters. The van der Waals surface area contributed by atoms with Crippen LogP contribution in [-0.4, -0.2) is 55.2 Å². The molecule has 1 heterocycles. The number of aliphatic carboxylic acids is 1. The molecule has 2 fully saturated rings. The van der Waals surface area contributed by atoms with Crippen molar-refractivity contribution < 1.29 is 58.2 Å². The summed E-state index contributed by atoms with van der Waals surface area (Å²) in [7, 11) is -4.71. The highest BCUT2D eigenvalue weighted by molar-refractivity contribution is 7.92. The fourth-order valence-corrected chi connectivity index (χ4v) is 11.0. The summed E-state index contributed by atoms with van der Waals surface area (Å²) in [6.45, 7) is 3.44. The molecule has 0 radical (unpaired) electrons. The predicted octanol–water partition coefficient (Wildman–Crippen LogP) is 7.64. The Hall–Kier alpha value is -3.23. The van der Waals surface area contributed by atoms with E-state index >= 15 is 4.39 Å². The molecule has 3 aliphatic rings. The Morgan fingerprint density at radius 3 is 2.21 bits per heavy atom. The second-order valence-corrected chi connectivity index (χ2v) is 15.6. The third kappa shape index (κ3) is 5.29. The second-order valence-electron chi connectivity index (χ2n) is 13.4. The standard InChI is InChI=1S/C33H35F8NO5S/c1-3-12-29(13-11-24(27(43)44)19(2)18-29)28(45)42-15-14-30(48(46,47)23-6-4-5-22(34)17-23)25-9-8-21(16-20(25)7-10-26(30)42)31(35,32(36,37)38)33(39,40)41/h4-6,8-9,16-17,19,24,26H,3,7,10-15,18H2,1-2H3,(H,43,44)/t19-,24+,26?,29-,30?/m0/s1. The molecular formula is C33H35F8NO5S. The number of amides is 1. The third-order valence-electron chi connectivity index (χ3n) is 10.7. The molecule has 1 N–H and O–H groups in total. The first kappa shape index (κ1) is 36.1. The predicted molar refractivity (Wildman–Crippen MR) is 157 cm³/mol. The largest absolute Gasteiger partial charge is 0.481 e. The zero-order valence-electron chi connectivity index (χ0n) is 26.1. The number of nitrogens with zero attached hydrogens (tertiary/aromatic N) is 1. The van der Waals surface area contributed by atoms with E-state index in [4.69, 9.17) is 0 Å². The molecule has 6 nitrogen and oxygen atoms in total. The van der Waals surface area contributed by atoms with E-state index in [9.17, 15) is 53.8 Å². The van der Waals surface area contributed by atoms with E-state index in [1.807, 2.05) is 6.92 Å². The number of carboxylic acid groups (broad SMARTS) is 1. The zero-order valence-corrected chi connectivity index (χ0v) is 26.9. The van der Waals surface area contributed by atoms with Gasteiger partial charge in [-0.15, -0.1) is 0 Å². The number of carbonyl (C=O) groups is 2. The first-order valence-corrected chi connectivity index (χ1v) is 17.2. The van der Waals surface area contributed by atoms with Crippen LogP contribution in [0.15, 0.2) is 47.4 Å². The number of likely N-dealkylation sites (tertiary alicyclic amines) is 1. The molecule has 15 heteroatoms. The number of hydrogen-bond donors (Lipinski definition) is 1. The summed E-state index contributed by atoms with van der Waals surface area (Å²) in [5, 5.41) is 9.68. The quantitative estimate of drug-likeness (QED) is 0.299. The summed E-state index contributed by atoms with van der Waals surface area (Å²) in [5.41, 5.74) is -8.96.